The Bertz CT molecular complexity index is 1480. The molecule has 0 radical (unpaired) electrons. The Kier molecular flexibility index (Phi) is 6.04. The van der Waals surface area contributed by atoms with Crippen molar-refractivity contribution in [1.29, 1.82) is 0 Å². The Morgan fingerprint density at radius 2 is 1.51 bits per heavy atom. The lowest BCUT2D eigenvalue weighted by atomic mass is 10.1. The molecule has 0 saturated heterocycles. The van der Waals surface area contributed by atoms with Gasteiger partial charge in [-0.2, -0.15) is 26.3 Å². The van der Waals surface area contributed by atoms with E-state index in [1.165, 1.54) is 6.07 Å². The number of H-pyrrole nitrogens is 1. The number of benzene rings is 3. The molecule has 0 amide bonds. The minimum absolute atomic E-state index is 0.0178. The highest BCUT2D eigenvalue weighted by molar-refractivity contribution is 7.90. The molecule has 1 heterocycles. The van der Waals surface area contributed by atoms with Crippen molar-refractivity contribution in [3.05, 3.63) is 77.6 Å². The highest BCUT2D eigenvalue weighted by Crippen LogP contribution is 2.38. The first-order valence-electron chi connectivity index (χ1n) is 9.92. The Balaban J connectivity index is 1.63. The van der Waals surface area contributed by atoms with Crippen LogP contribution in [-0.4, -0.2) is 24.6 Å². The van der Waals surface area contributed by atoms with Crippen molar-refractivity contribution in [2.45, 2.75) is 23.9 Å². The monoisotopic (exact) mass is 514 g/mol. The van der Waals surface area contributed by atoms with Gasteiger partial charge in [0.25, 0.3) is 0 Å². The number of imidazole rings is 1. The molecule has 0 saturated carbocycles. The van der Waals surface area contributed by atoms with E-state index in [1.807, 2.05) is 0 Å². The number of aromatic nitrogens is 2. The van der Waals surface area contributed by atoms with Crippen LogP contribution in [-0.2, 0) is 28.8 Å². The first-order chi connectivity index (χ1) is 16.2. The molecule has 0 spiro atoms. The van der Waals surface area contributed by atoms with Crippen LogP contribution in [0.4, 0.5) is 26.3 Å². The predicted molar refractivity (Wildman–Crippen MR) is 115 cm³/mol. The zero-order valence-corrected chi connectivity index (χ0v) is 18.6. The SMILES string of the molecule is CS(=O)(=O)c1ccccc1-c1ccc2[nH]c(COc3cc(C(F)(F)F)cc(C(F)(F)F)c3)nc2c1. The fraction of sp³-hybridized carbons (Fsp3) is 0.174. The maximum atomic E-state index is 13.0. The molecule has 1 N–H and O–H groups in total. The number of alkyl halides is 6. The zero-order valence-electron chi connectivity index (χ0n) is 17.8. The molecule has 0 fully saturated rings. The molecule has 0 unspecified atom stereocenters. The summed E-state index contributed by atoms with van der Waals surface area (Å²) in [6, 6.07) is 12.3. The first-order valence-corrected chi connectivity index (χ1v) is 11.8. The molecule has 4 rings (SSSR count). The molecule has 3 aromatic carbocycles. The quantitative estimate of drug-likeness (QED) is 0.320. The van der Waals surface area contributed by atoms with Crippen molar-refractivity contribution < 1.29 is 39.5 Å². The summed E-state index contributed by atoms with van der Waals surface area (Å²) in [7, 11) is -3.51. The molecular formula is C23H16F6N2O3S. The lowest BCUT2D eigenvalue weighted by Gasteiger charge is -2.14. The second-order valence-corrected chi connectivity index (χ2v) is 9.70. The Morgan fingerprint density at radius 1 is 0.886 bits per heavy atom. The summed E-state index contributed by atoms with van der Waals surface area (Å²) in [6.07, 6.45) is -8.89. The Morgan fingerprint density at radius 3 is 2.11 bits per heavy atom. The van der Waals surface area contributed by atoms with Gasteiger partial charge in [-0.05, 0) is 42.0 Å². The molecule has 0 aliphatic rings. The second-order valence-electron chi connectivity index (χ2n) is 7.71. The fourth-order valence-electron chi connectivity index (χ4n) is 3.48. The summed E-state index contributed by atoms with van der Waals surface area (Å²) in [5.74, 6) is -0.463. The molecule has 5 nitrogen and oxygen atoms in total. The van der Waals surface area contributed by atoms with Gasteiger partial charge in [-0.1, -0.05) is 24.3 Å². The van der Waals surface area contributed by atoms with E-state index >= 15 is 0 Å². The Hall–Kier alpha value is -3.54. The van der Waals surface area contributed by atoms with Gasteiger partial charge >= 0.3 is 12.4 Å². The number of halogens is 6. The summed E-state index contributed by atoms with van der Waals surface area (Å²) in [4.78, 5) is 7.28. The van der Waals surface area contributed by atoms with E-state index < -0.39 is 45.7 Å². The maximum Gasteiger partial charge on any atom is 0.416 e. The van der Waals surface area contributed by atoms with Crippen LogP contribution in [0, 0.1) is 0 Å². The average Bonchev–Trinajstić information content (AvgIpc) is 3.18. The number of nitrogens with one attached hydrogen (secondary N) is 1. The van der Waals surface area contributed by atoms with Crippen molar-refractivity contribution >= 4 is 20.9 Å². The minimum Gasteiger partial charge on any atom is -0.486 e. The third-order valence-corrected chi connectivity index (χ3v) is 6.22. The zero-order chi connectivity index (χ0) is 25.6. The molecule has 184 valence electrons. The van der Waals surface area contributed by atoms with Gasteiger partial charge in [-0.3, -0.25) is 0 Å². The van der Waals surface area contributed by atoms with Crippen LogP contribution in [0.25, 0.3) is 22.2 Å². The van der Waals surface area contributed by atoms with Crippen LogP contribution in [0.2, 0.25) is 0 Å². The largest absolute Gasteiger partial charge is 0.486 e. The number of hydrogen-bond acceptors (Lipinski definition) is 4. The number of sulfone groups is 1. The van der Waals surface area contributed by atoms with Gasteiger partial charge in [-0.25, -0.2) is 13.4 Å². The molecule has 0 aliphatic carbocycles. The summed E-state index contributed by atoms with van der Waals surface area (Å²) in [5, 5.41) is 0. The van der Waals surface area contributed by atoms with Crippen LogP contribution in [0.3, 0.4) is 0 Å². The van der Waals surface area contributed by atoms with Gasteiger partial charge in [-0.15, -0.1) is 0 Å². The van der Waals surface area contributed by atoms with E-state index in [0.717, 1.165) is 6.26 Å². The smallest absolute Gasteiger partial charge is 0.416 e. The number of rotatable bonds is 5. The summed E-state index contributed by atoms with van der Waals surface area (Å²) < 4.78 is 108. The molecular weight excluding hydrogens is 498 g/mol. The lowest BCUT2D eigenvalue weighted by molar-refractivity contribution is -0.143. The third kappa shape index (κ3) is 5.42. The van der Waals surface area contributed by atoms with Crippen molar-refractivity contribution in [1.82, 2.24) is 9.97 Å². The summed E-state index contributed by atoms with van der Waals surface area (Å²) >= 11 is 0. The Labute approximate surface area is 195 Å². The van der Waals surface area contributed by atoms with Crippen LogP contribution in [0.1, 0.15) is 17.0 Å². The van der Waals surface area contributed by atoms with Crippen molar-refractivity contribution in [3.8, 4) is 16.9 Å². The van der Waals surface area contributed by atoms with E-state index in [-0.39, 0.29) is 16.8 Å². The number of nitrogens with zero attached hydrogens (tertiary/aromatic N) is 1. The van der Waals surface area contributed by atoms with Crippen LogP contribution < -0.4 is 4.74 Å². The topological polar surface area (TPSA) is 72.0 Å². The highest BCUT2D eigenvalue weighted by Gasteiger charge is 2.37. The van der Waals surface area contributed by atoms with Gasteiger partial charge in [0.1, 0.15) is 18.2 Å². The van der Waals surface area contributed by atoms with E-state index in [2.05, 4.69) is 9.97 Å². The van der Waals surface area contributed by atoms with Crippen molar-refractivity contribution in [2.24, 2.45) is 0 Å². The fourth-order valence-corrected chi connectivity index (χ4v) is 4.40. The van der Waals surface area contributed by atoms with E-state index in [1.54, 1.807) is 36.4 Å². The lowest BCUT2D eigenvalue weighted by Crippen LogP contribution is -2.11. The molecule has 4 aromatic rings. The number of ether oxygens (including phenoxy) is 1. The molecule has 1 aromatic heterocycles. The standard InChI is InChI=1S/C23H16F6N2O3S/c1-35(32,33)20-5-3-2-4-17(20)13-6-7-18-19(8-13)31-21(30-18)12-34-16-10-14(22(24,25)26)9-15(11-16)23(27,28)29/h2-11H,12H2,1H3,(H,30,31). The van der Waals surface area contributed by atoms with Crippen molar-refractivity contribution in [3.63, 3.8) is 0 Å². The molecule has 12 heteroatoms. The second kappa shape index (κ2) is 8.59. The molecule has 35 heavy (non-hydrogen) atoms. The van der Waals surface area contributed by atoms with Crippen LogP contribution >= 0.6 is 0 Å². The maximum absolute atomic E-state index is 13.0. The highest BCUT2D eigenvalue weighted by atomic mass is 32.2. The number of fused-ring (bicyclic) bond motifs is 1. The van der Waals surface area contributed by atoms with Gasteiger partial charge in [0.15, 0.2) is 9.84 Å². The number of hydrogen-bond donors (Lipinski definition) is 1. The van der Waals surface area contributed by atoms with Gasteiger partial charge < -0.3 is 9.72 Å². The van der Waals surface area contributed by atoms with E-state index in [4.69, 9.17) is 4.74 Å². The minimum atomic E-state index is -4.99. The number of aromatic amines is 1. The third-order valence-electron chi connectivity index (χ3n) is 5.07. The molecule has 0 aliphatic heterocycles. The van der Waals surface area contributed by atoms with Crippen LogP contribution in [0.15, 0.2) is 65.6 Å². The van der Waals surface area contributed by atoms with Crippen molar-refractivity contribution in [2.75, 3.05) is 6.26 Å². The molecule has 0 atom stereocenters. The summed E-state index contributed by atoms with van der Waals surface area (Å²) in [5.41, 5.74) is -1.03. The van der Waals surface area contributed by atoms with Gasteiger partial charge in [0.05, 0.1) is 27.1 Å². The first kappa shape index (κ1) is 24.6. The predicted octanol–water partition coefficient (Wildman–Crippen LogP) is 6.25. The van der Waals surface area contributed by atoms with Crippen LogP contribution in [0.5, 0.6) is 5.75 Å². The summed E-state index contributed by atoms with van der Waals surface area (Å²) in [6.45, 7) is -0.428. The molecule has 0 bridgehead atoms. The van der Waals surface area contributed by atoms with E-state index in [9.17, 15) is 34.8 Å². The average molecular weight is 514 g/mol. The van der Waals surface area contributed by atoms with E-state index in [0.29, 0.717) is 34.3 Å². The normalized spacial score (nSPS) is 12.8. The van der Waals surface area contributed by atoms with Gasteiger partial charge in [0.2, 0.25) is 0 Å². The van der Waals surface area contributed by atoms with Gasteiger partial charge in [0, 0.05) is 11.8 Å².